The molecule has 0 unspecified atom stereocenters. The molecule has 3 aromatic rings. The fourth-order valence-electron chi connectivity index (χ4n) is 4.54. The van der Waals surface area contributed by atoms with E-state index in [0.29, 0.717) is 24.2 Å². The molecule has 194 valence electrons. The minimum Gasteiger partial charge on any atom is -0.449 e. The molecule has 1 heterocycles. The van der Waals surface area contributed by atoms with Crippen LogP contribution in [0.1, 0.15) is 62.0 Å². The SMILES string of the molecule is C[C@@H](OC(=O)c1ccc(S(=O)(=O)N2CCCC2)cc1)C(=O)Nc1ccc2c(c1)C(=O)c1ccccc1C2=O. The van der Waals surface area contributed by atoms with Crippen molar-refractivity contribution >= 4 is 39.2 Å². The van der Waals surface area contributed by atoms with E-state index in [0.717, 1.165) is 12.8 Å². The number of anilines is 1. The summed E-state index contributed by atoms with van der Waals surface area (Å²) in [6, 6.07) is 16.4. The Bertz CT molecular complexity index is 1570. The van der Waals surface area contributed by atoms with Crippen molar-refractivity contribution in [3.8, 4) is 0 Å². The number of carbonyl (C=O) groups is 4. The number of ketones is 2. The zero-order valence-electron chi connectivity index (χ0n) is 20.5. The van der Waals surface area contributed by atoms with Gasteiger partial charge in [-0.3, -0.25) is 14.4 Å². The number of fused-ring (bicyclic) bond motifs is 2. The molecule has 0 saturated carbocycles. The van der Waals surface area contributed by atoms with Crippen LogP contribution in [0, 0.1) is 0 Å². The van der Waals surface area contributed by atoms with Crippen LogP contribution in [0.3, 0.4) is 0 Å². The van der Waals surface area contributed by atoms with E-state index in [4.69, 9.17) is 4.74 Å². The molecule has 0 radical (unpaired) electrons. The molecule has 10 heteroatoms. The molecule has 0 spiro atoms. The van der Waals surface area contributed by atoms with Crippen LogP contribution in [0.4, 0.5) is 5.69 Å². The second-order valence-electron chi connectivity index (χ2n) is 9.14. The van der Waals surface area contributed by atoms with Crippen LogP contribution in [0.15, 0.2) is 71.6 Å². The summed E-state index contributed by atoms with van der Waals surface area (Å²) in [4.78, 5) is 51.0. The van der Waals surface area contributed by atoms with Gasteiger partial charge in [0, 0.05) is 41.0 Å². The Balaban J connectivity index is 1.24. The van der Waals surface area contributed by atoms with E-state index in [1.54, 1.807) is 24.3 Å². The molecule has 1 fully saturated rings. The Morgan fingerprint density at radius 2 is 1.42 bits per heavy atom. The summed E-state index contributed by atoms with van der Waals surface area (Å²) in [6.45, 7) is 2.34. The van der Waals surface area contributed by atoms with Crippen molar-refractivity contribution in [1.29, 1.82) is 0 Å². The first-order valence-electron chi connectivity index (χ1n) is 12.1. The van der Waals surface area contributed by atoms with Gasteiger partial charge in [0.25, 0.3) is 5.91 Å². The van der Waals surface area contributed by atoms with Crippen LogP contribution in [-0.2, 0) is 19.6 Å². The maximum Gasteiger partial charge on any atom is 0.338 e. The zero-order chi connectivity index (χ0) is 27.0. The number of benzene rings is 3. The van der Waals surface area contributed by atoms with E-state index in [2.05, 4.69) is 5.32 Å². The van der Waals surface area contributed by atoms with Gasteiger partial charge in [-0.15, -0.1) is 0 Å². The Morgan fingerprint density at radius 3 is 2.05 bits per heavy atom. The van der Waals surface area contributed by atoms with Gasteiger partial charge < -0.3 is 10.1 Å². The highest BCUT2D eigenvalue weighted by Crippen LogP contribution is 2.29. The van der Waals surface area contributed by atoms with Crippen LogP contribution >= 0.6 is 0 Å². The summed E-state index contributed by atoms with van der Waals surface area (Å²) in [6.07, 6.45) is 0.444. The Hall–Kier alpha value is -4.15. The highest BCUT2D eigenvalue weighted by atomic mass is 32.2. The van der Waals surface area contributed by atoms with Crippen molar-refractivity contribution in [3.05, 3.63) is 94.5 Å². The van der Waals surface area contributed by atoms with Crippen LogP contribution in [0.25, 0.3) is 0 Å². The first-order chi connectivity index (χ1) is 18.2. The fraction of sp³-hybridized carbons (Fsp3) is 0.214. The topological polar surface area (TPSA) is 127 Å². The van der Waals surface area contributed by atoms with Gasteiger partial charge in [-0.1, -0.05) is 24.3 Å². The molecule has 0 aromatic heterocycles. The average Bonchev–Trinajstić information content (AvgIpc) is 3.48. The highest BCUT2D eigenvalue weighted by molar-refractivity contribution is 7.89. The lowest BCUT2D eigenvalue weighted by Gasteiger charge is -2.19. The number of amides is 1. The Kier molecular flexibility index (Phi) is 6.68. The van der Waals surface area contributed by atoms with Gasteiger partial charge in [0.2, 0.25) is 10.0 Å². The molecule has 1 amide bonds. The van der Waals surface area contributed by atoms with Crippen LogP contribution < -0.4 is 5.32 Å². The lowest BCUT2D eigenvalue weighted by molar-refractivity contribution is -0.123. The molecular weight excluding hydrogens is 508 g/mol. The number of rotatable bonds is 6. The summed E-state index contributed by atoms with van der Waals surface area (Å²) in [5, 5.41) is 2.60. The van der Waals surface area contributed by atoms with Crippen LogP contribution in [0.2, 0.25) is 0 Å². The first kappa shape index (κ1) is 25.5. The van der Waals surface area contributed by atoms with Crippen molar-refractivity contribution in [3.63, 3.8) is 0 Å². The molecule has 5 rings (SSSR count). The third-order valence-electron chi connectivity index (χ3n) is 6.64. The second-order valence-corrected chi connectivity index (χ2v) is 11.1. The van der Waals surface area contributed by atoms with Crippen molar-refractivity contribution < 1.29 is 32.3 Å². The molecule has 3 aromatic carbocycles. The minimum absolute atomic E-state index is 0.0878. The maximum atomic E-state index is 12.9. The summed E-state index contributed by atoms with van der Waals surface area (Å²) < 4.78 is 32.0. The maximum absolute atomic E-state index is 12.9. The zero-order valence-corrected chi connectivity index (χ0v) is 21.3. The predicted molar refractivity (Wildman–Crippen MR) is 138 cm³/mol. The molecule has 1 aliphatic carbocycles. The largest absolute Gasteiger partial charge is 0.449 e. The van der Waals surface area contributed by atoms with Crippen molar-refractivity contribution in [2.75, 3.05) is 18.4 Å². The van der Waals surface area contributed by atoms with E-state index in [9.17, 15) is 27.6 Å². The van der Waals surface area contributed by atoms with Gasteiger partial charge in [0.1, 0.15) is 0 Å². The highest BCUT2D eigenvalue weighted by Gasteiger charge is 2.30. The summed E-state index contributed by atoms with van der Waals surface area (Å²) in [5.41, 5.74) is 1.44. The molecular formula is C28H24N2O7S. The average molecular weight is 533 g/mol. The quantitative estimate of drug-likeness (QED) is 0.377. The molecule has 1 atom stereocenters. The van der Waals surface area contributed by atoms with E-state index in [1.807, 2.05) is 0 Å². The Morgan fingerprint density at radius 1 is 0.842 bits per heavy atom. The fourth-order valence-corrected chi connectivity index (χ4v) is 6.06. The number of sulfonamides is 1. The van der Waals surface area contributed by atoms with E-state index in [-0.39, 0.29) is 38.8 Å². The molecule has 2 aliphatic rings. The molecule has 1 N–H and O–H groups in total. The second kappa shape index (κ2) is 9.96. The number of nitrogens with zero attached hydrogens (tertiary/aromatic N) is 1. The third kappa shape index (κ3) is 4.64. The standard InChI is InChI=1S/C28H24N2O7S/c1-17(37-28(34)18-8-11-20(12-9-18)38(35,36)30-14-4-5-15-30)27(33)29-19-10-13-23-24(16-19)26(32)22-7-3-2-6-21(22)25(23)31/h2-3,6-13,16-17H,4-5,14-15H2,1H3,(H,29,33)/t17-/m1/s1. The lowest BCUT2D eigenvalue weighted by Crippen LogP contribution is -2.30. The monoisotopic (exact) mass is 532 g/mol. The smallest absolute Gasteiger partial charge is 0.338 e. The summed E-state index contributed by atoms with van der Waals surface area (Å²) in [7, 11) is -3.61. The van der Waals surface area contributed by atoms with Gasteiger partial charge >= 0.3 is 5.97 Å². The van der Waals surface area contributed by atoms with Crippen LogP contribution in [0.5, 0.6) is 0 Å². The minimum atomic E-state index is -3.61. The lowest BCUT2D eigenvalue weighted by atomic mass is 9.84. The molecule has 1 aliphatic heterocycles. The van der Waals surface area contributed by atoms with Crippen molar-refractivity contribution in [2.24, 2.45) is 0 Å². The van der Waals surface area contributed by atoms with Crippen molar-refractivity contribution in [1.82, 2.24) is 4.31 Å². The van der Waals surface area contributed by atoms with Crippen molar-refractivity contribution in [2.45, 2.75) is 30.8 Å². The number of hydrogen-bond acceptors (Lipinski definition) is 7. The van der Waals surface area contributed by atoms with E-state index >= 15 is 0 Å². The number of esters is 1. The summed E-state index contributed by atoms with van der Waals surface area (Å²) >= 11 is 0. The predicted octanol–water partition coefficient (Wildman–Crippen LogP) is 3.43. The summed E-state index contributed by atoms with van der Waals surface area (Å²) in [5.74, 6) is -2.02. The first-order valence-corrected chi connectivity index (χ1v) is 13.6. The number of nitrogens with one attached hydrogen (secondary N) is 1. The number of ether oxygens (including phenoxy) is 1. The third-order valence-corrected chi connectivity index (χ3v) is 8.55. The van der Waals surface area contributed by atoms with Crippen LogP contribution in [-0.4, -0.2) is 55.4 Å². The molecule has 38 heavy (non-hydrogen) atoms. The van der Waals surface area contributed by atoms with Gasteiger partial charge in [0.05, 0.1) is 10.5 Å². The molecule has 0 bridgehead atoms. The van der Waals surface area contributed by atoms with E-state index < -0.39 is 28.0 Å². The van der Waals surface area contributed by atoms with Gasteiger partial charge in [-0.05, 0) is 62.2 Å². The normalized spacial score (nSPS) is 15.9. The number of hydrogen-bond donors (Lipinski definition) is 1. The Labute approximate surface area is 219 Å². The molecule has 1 saturated heterocycles. The number of carbonyl (C=O) groups excluding carboxylic acids is 4. The van der Waals surface area contributed by atoms with Gasteiger partial charge in [0.15, 0.2) is 17.7 Å². The molecule has 9 nitrogen and oxygen atoms in total. The van der Waals surface area contributed by atoms with Gasteiger partial charge in [-0.2, -0.15) is 4.31 Å². The van der Waals surface area contributed by atoms with Gasteiger partial charge in [-0.25, -0.2) is 13.2 Å². The van der Waals surface area contributed by atoms with E-state index in [1.165, 1.54) is 53.7 Å².